The number of fused-ring (bicyclic) bond motifs is 7. The molecule has 6 aliphatic rings. The van der Waals surface area contributed by atoms with Crippen molar-refractivity contribution in [3.05, 3.63) is 23.3 Å². The van der Waals surface area contributed by atoms with Crippen LogP contribution in [0.15, 0.2) is 23.3 Å². The molecule has 0 radical (unpaired) electrons. The highest BCUT2D eigenvalue weighted by Gasteiger charge is 2.76. The Morgan fingerprint density at radius 1 is 0.982 bits per heavy atom. The van der Waals surface area contributed by atoms with Gasteiger partial charge in [-0.1, -0.05) is 31.1 Å². The number of esters is 4. The van der Waals surface area contributed by atoms with Gasteiger partial charge < -0.3 is 54.3 Å². The highest BCUT2D eigenvalue weighted by molar-refractivity contribution is 5.93. The summed E-state index contributed by atoms with van der Waals surface area (Å²) in [5.74, 6) is -5.48. The van der Waals surface area contributed by atoms with Gasteiger partial charge in [0.25, 0.3) is 0 Å². The van der Waals surface area contributed by atoms with E-state index in [1.54, 1.807) is 20.8 Å². The van der Waals surface area contributed by atoms with Crippen LogP contribution < -0.4 is 0 Å². The molecule has 0 aromatic carbocycles. The minimum Gasteiger partial charge on any atom is -0.465 e. The molecule has 0 amide bonds. The summed E-state index contributed by atoms with van der Waals surface area (Å²) in [6, 6.07) is 0. The Morgan fingerprint density at radius 2 is 1.66 bits per heavy atom. The van der Waals surface area contributed by atoms with E-state index >= 15 is 0 Å². The molecule has 16 nitrogen and oxygen atoms in total. The number of rotatable bonds is 9. The molecule has 17 unspecified atom stereocenters. The molecule has 0 spiro atoms. The summed E-state index contributed by atoms with van der Waals surface area (Å²) in [5.41, 5.74) is -2.93. The van der Waals surface area contributed by atoms with Gasteiger partial charge in [0.05, 0.1) is 12.0 Å². The Bertz CT molecular complexity index is 1690. The van der Waals surface area contributed by atoms with Crippen molar-refractivity contribution in [1.82, 2.24) is 0 Å². The van der Waals surface area contributed by atoms with E-state index in [1.165, 1.54) is 19.9 Å². The van der Waals surface area contributed by atoms with Crippen LogP contribution in [-0.2, 0) is 47.7 Å². The molecule has 312 valence electrons. The van der Waals surface area contributed by atoms with Gasteiger partial charge in [-0.25, -0.2) is 0 Å². The average Bonchev–Trinajstić information content (AvgIpc) is 3.55. The summed E-state index contributed by atoms with van der Waals surface area (Å²) in [4.78, 5) is 65.8. The van der Waals surface area contributed by atoms with E-state index in [0.29, 0.717) is 6.42 Å². The predicted molar refractivity (Wildman–Crippen MR) is 190 cm³/mol. The van der Waals surface area contributed by atoms with Crippen molar-refractivity contribution in [2.45, 2.75) is 142 Å². The molecule has 3 saturated carbocycles. The first-order valence-corrected chi connectivity index (χ1v) is 19.4. The number of hydrogen-bond acceptors (Lipinski definition) is 16. The van der Waals surface area contributed by atoms with Crippen LogP contribution in [0.4, 0.5) is 0 Å². The Labute approximate surface area is 325 Å². The fourth-order valence-corrected chi connectivity index (χ4v) is 11.8. The van der Waals surface area contributed by atoms with E-state index < -0.39 is 125 Å². The molecule has 2 aliphatic heterocycles. The highest BCUT2D eigenvalue weighted by atomic mass is 16.7. The lowest BCUT2D eigenvalue weighted by molar-refractivity contribution is -0.321. The molecule has 2 saturated heterocycles. The van der Waals surface area contributed by atoms with Crippen LogP contribution in [0.5, 0.6) is 0 Å². The van der Waals surface area contributed by atoms with E-state index in [0.717, 1.165) is 11.1 Å². The second-order valence-corrected chi connectivity index (χ2v) is 17.8. The second kappa shape index (κ2) is 14.8. The largest absolute Gasteiger partial charge is 0.465 e. The Kier molecular flexibility index (Phi) is 11.2. The van der Waals surface area contributed by atoms with Crippen molar-refractivity contribution >= 4 is 29.7 Å². The number of ketones is 1. The van der Waals surface area contributed by atoms with E-state index in [1.807, 2.05) is 19.9 Å². The number of allylic oxidation sites excluding steroid dienone is 3. The van der Waals surface area contributed by atoms with Crippen LogP contribution in [0.25, 0.3) is 0 Å². The monoisotopic (exact) mass is 792 g/mol. The van der Waals surface area contributed by atoms with Crippen molar-refractivity contribution in [2.24, 2.45) is 45.3 Å². The van der Waals surface area contributed by atoms with Gasteiger partial charge in [0, 0.05) is 37.0 Å². The maximum Gasteiger partial charge on any atom is 0.318 e. The first-order valence-electron chi connectivity index (χ1n) is 19.4. The zero-order chi connectivity index (χ0) is 41.4. The van der Waals surface area contributed by atoms with E-state index in [2.05, 4.69) is 0 Å². The first kappa shape index (κ1) is 42.4. The SMILES string of the molecule is CC(=O)OCC12CC3OC(=O)C(CC(=O)C=C(C)C)C3C1(C)C(O)CC1C2=CCC2C1(C)CCC(OC(C)=O)C2(C)C(=O)OC(O)C1OC(O)C(O)C(O)C1O. The van der Waals surface area contributed by atoms with Gasteiger partial charge in [-0.15, -0.1) is 0 Å². The van der Waals surface area contributed by atoms with Gasteiger partial charge >= 0.3 is 23.9 Å². The molecule has 4 aliphatic carbocycles. The van der Waals surface area contributed by atoms with Gasteiger partial charge in [0.15, 0.2) is 18.2 Å². The van der Waals surface area contributed by atoms with Gasteiger partial charge in [-0.05, 0) is 76.2 Å². The van der Waals surface area contributed by atoms with E-state index in [9.17, 15) is 54.6 Å². The Balaban J connectivity index is 1.40. The van der Waals surface area contributed by atoms with Crippen molar-refractivity contribution in [3.8, 4) is 0 Å². The van der Waals surface area contributed by atoms with Gasteiger partial charge in [-0.2, -0.15) is 0 Å². The summed E-state index contributed by atoms with van der Waals surface area (Å²) in [6.07, 6.45) is -10.1. The van der Waals surface area contributed by atoms with Crippen LogP contribution in [0.1, 0.15) is 87.0 Å². The lowest BCUT2D eigenvalue weighted by atomic mass is 9.40. The van der Waals surface area contributed by atoms with Gasteiger partial charge in [0.1, 0.15) is 42.5 Å². The third-order valence-electron chi connectivity index (χ3n) is 14.5. The van der Waals surface area contributed by atoms with E-state index in [4.69, 9.17) is 23.7 Å². The van der Waals surface area contributed by atoms with Gasteiger partial charge in [-0.3, -0.25) is 24.0 Å². The third-order valence-corrected chi connectivity index (χ3v) is 14.5. The second-order valence-electron chi connectivity index (χ2n) is 17.8. The normalized spacial score (nSPS) is 45.7. The first-order chi connectivity index (χ1) is 26.0. The molecule has 2 heterocycles. The fraction of sp³-hybridized carbons (Fsp3) is 0.775. The van der Waals surface area contributed by atoms with Gasteiger partial charge in [0.2, 0.25) is 6.29 Å². The molecule has 6 rings (SSSR count). The summed E-state index contributed by atoms with van der Waals surface area (Å²) < 4.78 is 28.2. The zero-order valence-electron chi connectivity index (χ0n) is 32.9. The average molecular weight is 793 g/mol. The van der Waals surface area contributed by atoms with Crippen molar-refractivity contribution in [2.75, 3.05) is 6.61 Å². The number of aliphatic hydroxyl groups is 6. The Hall–Kier alpha value is -3.25. The summed E-state index contributed by atoms with van der Waals surface area (Å²) >= 11 is 0. The van der Waals surface area contributed by atoms with E-state index in [-0.39, 0.29) is 44.5 Å². The number of ether oxygens (including phenoxy) is 5. The van der Waals surface area contributed by atoms with Crippen LogP contribution in [0, 0.1) is 45.3 Å². The zero-order valence-corrected chi connectivity index (χ0v) is 32.9. The summed E-state index contributed by atoms with van der Waals surface area (Å²) in [5, 5.41) is 64.2. The minimum atomic E-state index is -2.23. The maximum atomic E-state index is 14.5. The number of carbonyl (C=O) groups excluding carboxylic acids is 5. The Morgan fingerprint density at radius 3 is 2.29 bits per heavy atom. The summed E-state index contributed by atoms with van der Waals surface area (Å²) in [7, 11) is 0. The molecular formula is C40H56O16. The van der Waals surface area contributed by atoms with Crippen molar-refractivity contribution in [1.29, 1.82) is 0 Å². The van der Waals surface area contributed by atoms with Crippen LogP contribution >= 0.6 is 0 Å². The molecule has 5 fully saturated rings. The number of hydrogen-bond donors (Lipinski definition) is 6. The maximum absolute atomic E-state index is 14.5. The van der Waals surface area contributed by atoms with Crippen LogP contribution in [-0.4, -0.2) is 122 Å². The summed E-state index contributed by atoms with van der Waals surface area (Å²) in [6.45, 7) is 11.4. The minimum absolute atomic E-state index is 0.106. The molecule has 0 aromatic heterocycles. The lowest BCUT2D eigenvalue weighted by Gasteiger charge is -2.65. The van der Waals surface area contributed by atoms with Crippen molar-refractivity contribution < 1.29 is 78.3 Å². The van der Waals surface area contributed by atoms with Crippen LogP contribution in [0.3, 0.4) is 0 Å². The number of carbonyl (C=O) groups is 5. The molecule has 6 N–H and O–H groups in total. The third kappa shape index (κ3) is 6.43. The highest BCUT2D eigenvalue weighted by Crippen LogP contribution is 2.75. The standard InChI is InChI=1S/C40H56O16/c1-17(2)12-20(43)13-21-28-24(54-33(21)48)15-40(16-52-18(3)41)22-8-9-25-37(5,23(22)14-26(44)39(28,40)7)11-10-27(53-19(4)42)38(25,6)36(51)56-35(50)32-30(46)29(45)31(47)34(49)55-32/h8,12,21,23-32,34-35,44-47,49-50H,9-11,13-16H2,1-7H3. The van der Waals surface area contributed by atoms with Crippen molar-refractivity contribution in [3.63, 3.8) is 0 Å². The lowest BCUT2D eigenvalue weighted by Crippen LogP contribution is -2.66. The molecule has 0 aromatic rings. The molecule has 16 heteroatoms. The smallest absolute Gasteiger partial charge is 0.318 e. The molecule has 17 atom stereocenters. The number of aliphatic hydroxyl groups excluding tert-OH is 6. The topological polar surface area (TPSA) is 253 Å². The molecule has 56 heavy (non-hydrogen) atoms. The fourth-order valence-electron chi connectivity index (χ4n) is 11.8. The molecule has 0 bridgehead atoms. The predicted octanol–water partition coefficient (Wildman–Crippen LogP) is 0.756. The van der Waals surface area contributed by atoms with Crippen LogP contribution in [0.2, 0.25) is 0 Å². The quantitative estimate of drug-likeness (QED) is 0.0620. The molecular weight excluding hydrogens is 736 g/mol.